The van der Waals surface area contributed by atoms with Gasteiger partial charge in [-0.2, -0.15) is 0 Å². The van der Waals surface area contributed by atoms with Gasteiger partial charge in [0.25, 0.3) is 5.91 Å². The summed E-state index contributed by atoms with van der Waals surface area (Å²) in [6.45, 7) is 6.95. The van der Waals surface area contributed by atoms with Gasteiger partial charge >= 0.3 is 0 Å². The van der Waals surface area contributed by atoms with Crippen LogP contribution in [0.5, 0.6) is 0 Å². The molecule has 0 unspecified atom stereocenters. The summed E-state index contributed by atoms with van der Waals surface area (Å²) >= 11 is 0. The second-order valence-electron chi connectivity index (χ2n) is 9.51. The highest BCUT2D eigenvalue weighted by Gasteiger charge is 2.31. The first-order chi connectivity index (χ1) is 15.6. The summed E-state index contributed by atoms with van der Waals surface area (Å²) < 4.78 is 13.2. The number of amides is 1. The maximum Gasteiger partial charge on any atom is 0.254 e. The molecule has 166 valence electrons. The lowest BCUT2D eigenvalue weighted by atomic mass is 9.89. The molecule has 2 saturated heterocycles. The quantitative estimate of drug-likeness (QED) is 0.536. The van der Waals surface area contributed by atoms with E-state index in [0.29, 0.717) is 11.8 Å². The van der Waals surface area contributed by atoms with Crippen molar-refractivity contribution >= 4 is 16.7 Å². The highest BCUT2D eigenvalue weighted by molar-refractivity contribution is 6.08. The number of benzene rings is 3. The van der Waals surface area contributed by atoms with Crippen LogP contribution in [0.2, 0.25) is 0 Å². The minimum Gasteiger partial charge on any atom is -0.338 e. The average molecular weight is 431 g/mol. The van der Waals surface area contributed by atoms with Crippen LogP contribution < -0.4 is 0 Å². The van der Waals surface area contributed by atoms with Crippen LogP contribution in [0, 0.1) is 18.7 Å². The molecule has 0 spiro atoms. The van der Waals surface area contributed by atoms with Crippen molar-refractivity contribution in [2.45, 2.75) is 32.1 Å². The minimum atomic E-state index is -0.162. The van der Waals surface area contributed by atoms with Crippen LogP contribution in [-0.2, 0) is 0 Å². The smallest absolute Gasteiger partial charge is 0.254 e. The molecule has 4 heteroatoms. The van der Waals surface area contributed by atoms with Crippen LogP contribution in [-0.4, -0.2) is 48.4 Å². The van der Waals surface area contributed by atoms with Crippen molar-refractivity contribution in [3.05, 3.63) is 83.2 Å². The van der Waals surface area contributed by atoms with Crippen molar-refractivity contribution in [1.82, 2.24) is 9.80 Å². The molecule has 2 aliphatic rings. The third-order valence-electron chi connectivity index (χ3n) is 7.37. The molecule has 0 aliphatic carbocycles. The Morgan fingerprint density at radius 1 is 0.938 bits per heavy atom. The predicted octanol–water partition coefficient (Wildman–Crippen LogP) is 5.63. The number of hydrogen-bond donors (Lipinski definition) is 0. The van der Waals surface area contributed by atoms with Gasteiger partial charge in [0, 0.05) is 19.6 Å². The molecule has 1 atom stereocenters. The number of halogens is 1. The van der Waals surface area contributed by atoms with Crippen molar-refractivity contribution in [3.8, 4) is 0 Å². The zero-order valence-electron chi connectivity index (χ0n) is 18.8. The summed E-state index contributed by atoms with van der Waals surface area (Å²) in [5.41, 5.74) is 3.18. The van der Waals surface area contributed by atoms with Crippen LogP contribution in [0.3, 0.4) is 0 Å². The number of hydrogen-bond acceptors (Lipinski definition) is 2. The van der Waals surface area contributed by atoms with Crippen molar-refractivity contribution in [3.63, 3.8) is 0 Å². The monoisotopic (exact) mass is 430 g/mol. The molecular formula is C28H31FN2O. The zero-order valence-corrected chi connectivity index (χ0v) is 18.8. The number of aryl methyl sites for hydroxylation is 1. The van der Waals surface area contributed by atoms with Gasteiger partial charge in [-0.25, -0.2) is 4.39 Å². The standard InChI is InChI=1S/C28H31FN2O/c1-20-6-7-24-4-2-3-5-26(24)27(20)28(32)31-17-12-21(19-31)18-30-15-13-23(14-16-30)22-8-10-25(29)11-9-22/h2-11,21,23H,12-19H2,1H3/t21-/m1/s1. The second-order valence-corrected chi connectivity index (χ2v) is 9.51. The number of carbonyl (C=O) groups excluding carboxylic acids is 1. The Morgan fingerprint density at radius 2 is 1.69 bits per heavy atom. The molecule has 2 heterocycles. The van der Waals surface area contributed by atoms with E-state index in [0.717, 1.165) is 73.9 Å². The van der Waals surface area contributed by atoms with E-state index in [2.05, 4.69) is 34.1 Å². The maximum absolute atomic E-state index is 13.4. The summed E-state index contributed by atoms with van der Waals surface area (Å²) in [6.07, 6.45) is 3.32. The average Bonchev–Trinajstić information content (AvgIpc) is 3.28. The third kappa shape index (κ3) is 4.29. The number of fused-ring (bicyclic) bond motifs is 1. The van der Waals surface area contributed by atoms with Gasteiger partial charge in [0.15, 0.2) is 0 Å². The lowest BCUT2D eigenvalue weighted by molar-refractivity contribution is 0.0783. The predicted molar refractivity (Wildman–Crippen MR) is 128 cm³/mol. The molecule has 3 aromatic carbocycles. The van der Waals surface area contributed by atoms with Crippen molar-refractivity contribution in [2.24, 2.45) is 5.92 Å². The topological polar surface area (TPSA) is 23.6 Å². The lowest BCUT2D eigenvalue weighted by Crippen LogP contribution is -2.38. The molecule has 0 bridgehead atoms. The molecule has 32 heavy (non-hydrogen) atoms. The van der Waals surface area contributed by atoms with Crippen LogP contribution >= 0.6 is 0 Å². The summed E-state index contributed by atoms with van der Waals surface area (Å²) in [7, 11) is 0. The van der Waals surface area contributed by atoms with Gasteiger partial charge in [-0.1, -0.05) is 48.5 Å². The Labute approximate surface area is 189 Å². The molecule has 3 nitrogen and oxygen atoms in total. The van der Waals surface area contributed by atoms with Crippen LogP contribution in [0.4, 0.5) is 4.39 Å². The Balaban J connectivity index is 1.18. The Bertz CT molecular complexity index is 1100. The normalized spacial score (nSPS) is 20.2. The number of likely N-dealkylation sites (tertiary alicyclic amines) is 2. The first-order valence-corrected chi connectivity index (χ1v) is 11.8. The van der Waals surface area contributed by atoms with Gasteiger partial charge in [0.1, 0.15) is 5.82 Å². The molecule has 0 saturated carbocycles. The Kier molecular flexibility index (Phi) is 5.97. The Morgan fingerprint density at radius 3 is 2.47 bits per heavy atom. The summed E-state index contributed by atoms with van der Waals surface area (Å²) in [6, 6.07) is 19.4. The van der Waals surface area contributed by atoms with Gasteiger partial charge in [-0.3, -0.25) is 4.79 Å². The fourth-order valence-corrected chi connectivity index (χ4v) is 5.54. The van der Waals surface area contributed by atoms with Crippen molar-refractivity contribution < 1.29 is 9.18 Å². The van der Waals surface area contributed by atoms with Crippen LogP contribution in [0.15, 0.2) is 60.7 Å². The first-order valence-electron chi connectivity index (χ1n) is 11.8. The Hall–Kier alpha value is -2.72. The highest BCUT2D eigenvalue weighted by Crippen LogP contribution is 2.30. The number of piperidine rings is 1. The molecule has 0 N–H and O–H groups in total. The van der Waals surface area contributed by atoms with Gasteiger partial charge in [-0.15, -0.1) is 0 Å². The lowest BCUT2D eigenvalue weighted by Gasteiger charge is -2.33. The molecule has 3 aromatic rings. The van der Waals surface area contributed by atoms with Gasteiger partial charge in [0.2, 0.25) is 0 Å². The summed E-state index contributed by atoms with van der Waals surface area (Å²) in [5.74, 6) is 1.08. The second kappa shape index (κ2) is 9.03. The largest absolute Gasteiger partial charge is 0.338 e. The van der Waals surface area contributed by atoms with Crippen LogP contribution in [0.25, 0.3) is 10.8 Å². The van der Waals surface area contributed by atoms with Gasteiger partial charge in [-0.05, 0) is 85.1 Å². The van der Waals surface area contributed by atoms with E-state index < -0.39 is 0 Å². The van der Waals surface area contributed by atoms with E-state index in [1.165, 1.54) is 5.56 Å². The maximum atomic E-state index is 13.4. The minimum absolute atomic E-state index is 0.162. The van der Waals surface area contributed by atoms with E-state index in [4.69, 9.17) is 0 Å². The van der Waals surface area contributed by atoms with E-state index in [-0.39, 0.29) is 11.7 Å². The van der Waals surface area contributed by atoms with Crippen molar-refractivity contribution in [1.29, 1.82) is 0 Å². The fraction of sp³-hybridized carbons (Fsp3) is 0.393. The molecule has 1 amide bonds. The van der Waals surface area contributed by atoms with E-state index in [1.54, 1.807) is 12.1 Å². The van der Waals surface area contributed by atoms with E-state index >= 15 is 0 Å². The number of rotatable bonds is 4. The SMILES string of the molecule is Cc1ccc2ccccc2c1C(=O)N1CC[C@H](CN2CCC(c3ccc(F)cc3)CC2)C1. The van der Waals surface area contributed by atoms with Gasteiger partial charge < -0.3 is 9.80 Å². The molecule has 2 fully saturated rings. The first kappa shape index (κ1) is 21.1. The molecule has 0 radical (unpaired) electrons. The zero-order chi connectivity index (χ0) is 22.1. The molecule has 5 rings (SSSR count). The molecular weight excluding hydrogens is 399 g/mol. The molecule has 2 aliphatic heterocycles. The van der Waals surface area contributed by atoms with Crippen LogP contribution in [0.1, 0.15) is 46.7 Å². The highest BCUT2D eigenvalue weighted by atomic mass is 19.1. The fourth-order valence-electron chi connectivity index (χ4n) is 5.54. The number of nitrogens with zero attached hydrogens (tertiary/aromatic N) is 2. The van der Waals surface area contributed by atoms with Gasteiger partial charge in [0.05, 0.1) is 5.56 Å². The van der Waals surface area contributed by atoms with Crippen molar-refractivity contribution in [2.75, 3.05) is 32.7 Å². The van der Waals surface area contributed by atoms with E-state index in [9.17, 15) is 9.18 Å². The number of carbonyl (C=O) groups is 1. The van der Waals surface area contributed by atoms with E-state index in [1.807, 2.05) is 31.2 Å². The molecule has 0 aromatic heterocycles. The third-order valence-corrected chi connectivity index (χ3v) is 7.37. The summed E-state index contributed by atoms with van der Waals surface area (Å²) in [4.78, 5) is 18.0. The summed E-state index contributed by atoms with van der Waals surface area (Å²) in [5, 5.41) is 2.19.